The average molecular weight is 249 g/mol. The maximum Gasteiger partial charge on any atom is 0.0355 e. The zero-order valence-electron chi connectivity index (χ0n) is 11.3. The minimum Gasteiger partial charge on any atom is -0.305 e. The molecule has 1 atom stereocenters. The molecule has 0 saturated heterocycles. The highest BCUT2D eigenvalue weighted by atomic mass is 14.4. The van der Waals surface area contributed by atoms with E-state index >= 15 is 0 Å². The predicted molar refractivity (Wildman–Crippen MR) is 80.2 cm³/mol. The van der Waals surface area contributed by atoms with E-state index < -0.39 is 0 Å². The van der Waals surface area contributed by atoms with Crippen LogP contribution in [0, 0.1) is 5.41 Å². The molecule has 0 heterocycles. The molecule has 0 aliphatic heterocycles. The molecule has 2 aromatic rings. The van der Waals surface area contributed by atoms with E-state index in [1.54, 1.807) is 0 Å². The molecule has 0 saturated carbocycles. The molecule has 96 valence electrons. The Hall–Kier alpha value is -1.89. The summed E-state index contributed by atoms with van der Waals surface area (Å²) < 4.78 is 0. The first-order valence-electron chi connectivity index (χ1n) is 6.99. The molecule has 0 radical (unpaired) electrons. The lowest BCUT2D eigenvalue weighted by molar-refractivity contribution is 0.616. The highest BCUT2D eigenvalue weighted by molar-refractivity contribution is 5.96. The quantitative estimate of drug-likeness (QED) is 0.755. The van der Waals surface area contributed by atoms with Crippen molar-refractivity contribution in [2.75, 3.05) is 0 Å². The van der Waals surface area contributed by atoms with Gasteiger partial charge in [-0.1, -0.05) is 48.5 Å². The topological polar surface area (TPSA) is 23.9 Å². The molecule has 0 fully saturated rings. The van der Waals surface area contributed by atoms with Gasteiger partial charge in [-0.25, -0.2) is 0 Å². The van der Waals surface area contributed by atoms with Crippen LogP contribution >= 0.6 is 0 Å². The van der Waals surface area contributed by atoms with Crippen LogP contribution in [0.15, 0.2) is 48.5 Å². The Bertz CT molecular complexity index is 595. The van der Waals surface area contributed by atoms with Gasteiger partial charge < -0.3 is 5.41 Å². The van der Waals surface area contributed by atoms with E-state index in [2.05, 4.69) is 48.5 Å². The van der Waals surface area contributed by atoms with Gasteiger partial charge >= 0.3 is 0 Å². The lowest BCUT2D eigenvalue weighted by atomic mass is 9.79. The van der Waals surface area contributed by atoms with E-state index in [9.17, 15) is 0 Å². The summed E-state index contributed by atoms with van der Waals surface area (Å²) in [4.78, 5) is 0. The van der Waals surface area contributed by atoms with Crippen LogP contribution in [-0.2, 0) is 6.42 Å². The Morgan fingerprint density at radius 2 is 1.79 bits per heavy atom. The van der Waals surface area contributed by atoms with Crippen molar-refractivity contribution in [3.05, 3.63) is 70.8 Å². The zero-order valence-corrected chi connectivity index (χ0v) is 11.3. The molecule has 0 bridgehead atoms. The van der Waals surface area contributed by atoms with E-state index in [1.165, 1.54) is 36.0 Å². The van der Waals surface area contributed by atoms with Crippen LogP contribution in [0.25, 0.3) is 0 Å². The van der Waals surface area contributed by atoms with Crippen LogP contribution in [-0.4, -0.2) is 5.71 Å². The fourth-order valence-electron chi connectivity index (χ4n) is 3.07. The number of aryl methyl sites for hydroxylation is 1. The minimum atomic E-state index is 0.532. The SMILES string of the molecule is CC(=N)c1ccc(C2CCCc3ccccc32)cc1. The summed E-state index contributed by atoms with van der Waals surface area (Å²) in [7, 11) is 0. The van der Waals surface area contributed by atoms with E-state index in [-0.39, 0.29) is 0 Å². The van der Waals surface area contributed by atoms with Crippen molar-refractivity contribution in [1.82, 2.24) is 0 Å². The molecule has 1 aliphatic rings. The second-order valence-electron chi connectivity index (χ2n) is 5.39. The first kappa shape index (κ1) is 12.2. The normalized spacial score (nSPS) is 17.8. The molecule has 19 heavy (non-hydrogen) atoms. The van der Waals surface area contributed by atoms with Crippen molar-refractivity contribution >= 4 is 5.71 Å². The first-order chi connectivity index (χ1) is 9.25. The molecule has 3 rings (SSSR count). The third-order valence-corrected chi connectivity index (χ3v) is 4.12. The van der Waals surface area contributed by atoms with Gasteiger partial charge in [0.05, 0.1) is 0 Å². The first-order valence-corrected chi connectivity index (χ1v) is 6.99. The van der Waals surface area contributed by atoms with E-state index in [4.69, 9.17) is 5.41 Å². The molecule has 1 aliphatic carbocycles. The van der Waals surface area contributed by atoms with E-state index in [0.29, 0.717) is 11.6 Å². The van der Waals surface area contributed by atoms with Crippen LogP contribution in [0.5, 0.6) is 0 Å². The minimum absolute atomic E-state index is 0.532. The van der Waals surface area contributed by atoms with Crippen LogP contribution < -0.4 is 0 Å². The van der Waals surface area contributed by atoms with Crippen molar-refractivity contribution in [1.29, 1.82) is 5.41 Å². The van der Waals surface area contributed by atoms with Gasteiger partial charge in [0.2, 0.25) is 0 Å². The summed E-state index contributed by atoms with van der Waals surface area (Å²) in [5.41, 5.74) is 6.04. The summed E-state index contributed by atoms with van der Waals surface area (Å²) in [6.07, 6.45) is 3.72. The zero-order chi connectivity index (χ0) is 13.2. The second kappa shape index (κ2) is 5.00. The van der Waals surface area contributed by atoms with Crippen LogP contribution in [0.1, 0.15) is 47.9 Å². The van der Waals surface area contributed by atoms with Crippen molar-refractivity contribution < 1.29 is 0 Å². The predicted octanol–water partition coefficient (Wildman–Crippen LogP) is 4.54. The monoisotopic (exact) mass is 249 g/mol. The summed E-state index contributed by atoms with van der Waals surface area (Å²) in [5, 5.41) is 7.67. The number of nitrogens with one attached hydrogen (secondary N) is 1. The van der Waals surface area contributed by atoms with Crippen molar-refractivity contribution in [3.8, 4) is 0 Å². The maximum absolute atomic E-state index is 7.67. The molecule has 1 unspecified atom stereocenters. The number of fused-ring (bicyclic) bond motifs is 1. The van der Waals surface area contributed by atoms with Crippen LogP contribution in [0.4, 0.5) is 0 Å². The van der Waals surface area contributed by atoms with Crippen molar-refractivity contribution in [2.45, 2.75) is 32.1 Å². The second-order valence-corrected chi connectivity index (χ2v) is 5.39. The van der Waals surface area contributed by atoms with Gasteiger partial charge in [-0.15, -0.1) is 0 Å². The smallest absolute Gasteiger partial charge is 0.0355 e. The fourth-order valence-corrected chi connectivity index (χ4v) is 3.07. The molecule has 2 aromatic carbocycles. The number of hydrogen-bond acceptors (Lipinski definition) is 1. The maximum atomic E-state index is 7.67. The summed E-state index contributed by atoms with van der Waals surface area (Å²) in [6.45, 7) is 1.84. The van der Waals surface area contributed by atoms with Gasteiger partial charge in [-0.05, 0) is 48.4 Å². The lowest BCUT2D eigenvalue weighted by Crippen LogP contribution is -2.11. The third-order valence-electron chi connectivity index (χ3n) is 4.12. The Balaban J connectivity index is 1.97. The average Bonchev–Trinajstić information content (AvgIpc) is 2.47. The fraction of sp³-hybridized carbons (Fsp3) is 0.278. The van der Waals surface area contributed by atoms with Gasteiger partial charge in [-0.2, -0.15) is 0 Å². The molecular formula is C18H19N. The summed E-state index contributed by atoms with van der Waals surface area (Å²) in [6, 6.07) is 17.4. The number of hydrogen-bond donors (Lipinski definition) is 1. The summed E-state index contributed by atoms with van der Waals surface area (Å²) in [5.74, 6) is 0.532. The highest BCUT2D eigenvalue weighted by Gasteiger charge is 2.21. The van der Waals surface area contributed by atoms with Gasteiger partial charge in [-0.3, -0.25) is 0 Å². The molecule has 0 amide bonds. The highest BCUT2D eigenvalue weighted by Crippen LogP contribution is 2.36. The largest absolute Gasteiger partial charge is 0.305 e. The lowest BCUT2D eigenvalue weighted by Gasteiger charge is -2.26. The molecule has 0 aromatic heterocycles. The Morgan fingerprint density at radius 3 is 2.53 bits per heavy atom. The molecule has 1 heteroatoms. The van der Waals surface area contributed by atoms with Gasteiger partial charge in [0.15, 0.2) is 0 Å². The van der Waals surface area contributed by atoms with Gasteiger partial charge in [0.25, 0.3) is 0 Å². The molecule has 1 nitrogen and oxygen atoms in total. The Labute approximate surface area is 114 Å². The number of benzene rings is 2. The molecule has 0 spiro atoms. The molecule has 1 N–H and O–H groups in total. The summed E-state index contributed by atoms with van der Waals surface area (Å²) >= 11 is 0. The van der Waals surface area contributed by atoms with Crippen molar-refractivity contribution in [2.24, 2.45) is 0 Å². The van der Waals surface area contributed by atoms with Gasteiger partial charge in [0, 0.05) is 11.6 Å². The van der Waals surface area contributed by atoms with E-state index in [0.717, 1.165) is 5.56 Å². The van der Waals surface area contributed by atoms with E-state index in [1.807, 2.05) is 6.92 Å². The van der Waals surface area contributed by atoms with Crippen molar-refractivity contribution in [3.63, 3.8) is 0 Å². The Kier molecular flexibility index (Phi) is 3.20. The Morgan fingerprint density at radius 1 is 1.05 bits per heavy atom. The van der Waals surface area contributed by atoms with Gasteiger partial charge in [0.1, 0.15) is 0 Å². The third kappa shape index (κ3) is 2.33. The molecular weight excluding hydrogens is 230 g/mol. The number of rotatable bonds is 2. The van der Waals surface area contributed by atoms with Crippen LogP contribution in [0.2, 0.25) is 0 Å². The standard InChI is InChI=1S/C18H19N/c1-13(19)14-9-11-16(12-10-14)18-8-4-6-15-5-2-3-7-17(15)18/h2-3,5,7,9-12,18-19H,4,6,8H2,1H3. The van der Waals surface area contributed by atoms with Crippen LogP contribution in [0.3, 0.4) is 0 Å².